The van der Waals surface area contributed by atoms with Gasteiger partial charge in [-0.1, -0.05) is 12.5 Å². The summed E-state index contributed by atoms with van der Waals surface area (Å²) in [5.41, 5.74) is -0.146. The lowest BCUT2D eigenvalue weighted by Crippen LogP contribution is -2.39. The van der Waals surface area contributed by atoms with Crippen molar-refractivity contribution in [3.63, 3.8) is 0 Å². The Labute approximate surface area is 98.9 Å². The molecule has 0 bridgehead atoms. The Balaban J connectivity index is 2.22. The molecule has 1 saturated heterocycles. The fraction of sp³-hybridized carbons (Fsp3) is 0.769. The van der Waals surface area contributed by atoms with Crippen LogP contribution in [-0.2, 0) is 4.79 Å². The molecule has 0 saturated carbocycles. The molecular formula is C13H24N2O. The van der Waals surface area contributed by atoms with Crippen molar-refractivity contribution >= 4 is 5.91 Å². The summed E-state index contributed by atoms with van der Waals surface area (Å²) in [6.45, 7) is 9.21. The molecule has 1 N–H and O–H groups in total. The van der Waals surface area contributed by atoms with Crippen LogP contribution in [0.3, 0.4) is 0 Å². The second-order valence-corrected chi connectivity index (χ2v) is 5.50. The molecule has 0 unspecified atom stereocenters. The van der Waals surface area contributed by atoms with Crippen LogP contribution in [0, 0.1) is 0 Å². The topological polar surface area (TPSA) is 32.3 Å². The van der Waals surface area contributed by atoms with E-state index in [1.54, 1.807) is 6.08 Å². The first kappa shape index (κ1) is 13.2. The van der Waals surface area contributed by atoms with E-state index in [-0.39, 0.29) is 11.4 Å². The van der Waals surface area contributed by atoms with Crippen LogP contribution in [0.1, 0.15) is 40.0 Å². The minimum Gasteiger partial charge on any atom is -0.348 e. The number of rotatable bonds is 3. The number of piperidine rings is 1. The molecule has 3 heteroatoms. The zero-order valence-corrected chi connectivity index (χ0v) is 10.8. The Morgan fingerprint density at radius 3 is 2.44 bits per heavy atom. The monoisotopic (exact) mass is 224 g/mol. The van der Waals surface area contributed by atoms with E-state index >= 15 is 0 Å². The third-order valence-electron chi connectivity index (χ3n) is 2.58. The van der Waals surface area contributed by atoms with Gasteiger partial charge >= 0.3 is 0 Å². The summed E-state index contributed by atoms with van der Waals surface area (Å²) >= 11 is 0. The van der Waals surface area contributed by atoms with E-state index in [1.165, 1.54) is 32.4 Å². The smallest absolute Gasteiger partial charge is 0.244 e. The van der Waals surface area contributed by atoms with Crippen molar-refractivity contribution in [2.45, 2.75) is 45.6 Å². The maximum Gasteiger partial charge on any atom is 0.244 e. The zero-order valence-electron chi connectivity index (χ0n) is 10.8. The second-order valence-electron chi connectivity index (χ2n) is 5.50. The number of hydrogen-bond acceptors (Lipinski definition) is 2. The summed E-state index contributed by atoms with van der Waals surface area (Å²) in [7, 11) is 0. The van der Waals surface area contributed by atoms with Gasteiger partial charge in [-0.05, 0) is 46.7 Å². The Hall–Kier alpha value is -0.830. The van der Waals surface area contributed by atoms with Crippen LogP contribution < -0.4 is 5.32 Å². The first-order chi connectivity index (χ1) is 7.47. The summed E-state index contributed by atoms with van der Waals surface area (Å²) < 4.78 is 0. The molecule has 1 rings (SSSR count). The minimum atomic E-state index is -0.146. The fourth-order valence-electron chi connectivity index (χ4n) is 1.86. The second kappa shape index (κ2) is 6.04. The highest BCUT2D eigenvalue weighted by atomic mass is 16.1. The van der Waals surface area contributed by atoms with Crippen molar-refractivity contribution in [3.8, 4) is 0 Å². The van der Waals surface area contributed by atoms with Gasteiger partial charge in [0.15, 0.2) is 0 Å². The predicted molar refractivity (Wildman–Crippen MR) is 67.3 cm³/mol. The molecule has 1 aliphatic rings. The lowest BCUT2D eigenvalue weighted by atomic mass is 10.1. The molecule has 16 heavy (non-hydrogen) atoms. The third kappa shape index (κ3) is 5.91. The molecular weight excluding hydrogens is 200 g/mol. The lowest BCUT2D eigenvalue weighted by Gasteiger charge is -2.24. The zero-order chi connectivity index (χ0) is 12.0. The van der Waals surface area contributed by atoms with E-state index in [1.807, 2.05) is 26.8 Å². The number of nitrogens with zero attached hydrogens (tertiary/aromatic N) is 1. The van der Waals surface area contributed by atoms with Crippen molar-refractivity contribution in [1.29, 1.82) is 0 Å². The molecule has 1 heterocycles. The highest BCUT2D eigenvalue weighted by Crippen LogP contribution is 2.07. The standard InChI is InChI=1S/C13H24N2O/c1-13(2,3)14-12(16)8-7-11-15-9-5-4-6-10-15/h7-8H,4-6,9-11H2,1-3H3,(H,14,16)/b8-7+. The highest BCUT2D eigenvalue weighted by molar-refractivity contribution is 5.87. The van der Waals surface area contributed by atoms with Crippen LogP contribution >= 0.6 is 0 Å². The molecule has 0 aliphatic carbocycles. The molecule has 1 aliphatic heterocycles. The van der Waals surface area contributed by atoms with Crippen LogP contribution in [-0.4, -0.2) is 36.0 Å². The molecule has 0 aromatic heterocycles. The van der Waals surface area contributed by atoms with Crippen molar-refractivity contribution in [3.05, 3.63) is 12.2 Å². The van der Waals surface area contributed by atoms with Crippen LogP contribution in [0.25, 0.3) is 0 Å². The third-order valence-corrected chi connectivity index (χ3v) is 2.58. The summed E-state index contributed by atoms with van der Waals surface area (Å²) in [6, 6.07) is 0. The fourth-order valence-corrected chi connectivity index (χ4v) is 1.86. The normalized spacial score (nSPS) is 18.9. The summed E-state index contributed by atoms with van der Waals surface area (Å²) in [5.74, 6) is 0.00418. The minimum absolute atomic E-state index is 0.00418. The number of nitrogens with one attached hydrogen (secondary N) is 1. The average Bonchev–Trinajstić information content (AvgIpc) is 2.16. The number of carbonyl (C=O) groups is 1. The molecule has 92 valence electrons. The van der Waals surface area contributed by atoms with E-state index < -0.39 is 0 Å². The van der Waals surface area contributed by atoms with E-state index in [0.29, 0.717) is 0 Å². The van der Waals surface area contributed by atoms with Gasteiger partial charge in [-0.15, -0.1) is 0 Å². The predicted octanol–water partition coefficient (Wildman–Crippen LogP) is 1.94. The Morgan fingerprint density at radius 2 is 1.88 bits per heavy atom. The largest absolute Gasteiger partial charge is 0.348 e. The SMILES string of the molecule is CC(C)(C)NC(=O)/C=C/CN1CCCCC1. The molecule has 0 atom stereocenters. The maximum absolute atomic E-state index is 11.5. The lowest BCUT2D eigenvalue weighted by molar-refractivity contribution is -0.117. The molecule has 0 aromatic rings. The van der Waals surface area contributed by atoms with Gasteiger partial charge in [-0.2, -0.15) is 0 Å². The number of likely N-dealkylation sites (tertiary alicyclic amines) is 1. The van der Waals surface area contributed by atoms with Gasteiger partial charge in [-0.25, -0.2) is 0 Å². The van der Waals surface area contributed by atoms with Crippen molar-refractivity contribution in [2.75, 3.05) is 19.6 Å². The summed E-state index contributed by atoms with van der Waals surface area (Å²) in [4.78, 5) is 13.9. The molecule has 1 fully saturated rings. The molecule has 0 spiro atoms. The van der Waals surface area contributed by atoms with Gasteiger partial charge in [0.1, 0.15) is 0 Å². The van der Waals surface area contributed by atoms with Gasteiger partial charge in [0.25, 0.3) is 0 Å². The summed E-state index contributed by atoms with van der Waals surface area (Å²) in [6.07, 6.45) is 7.56. The maximum atomic E-state index is 11.5. The quantitative estimate of drug-likeness (QED) is 0.743. The van der Waals surface area contributed by atoms with Crippen LogP contribution in [0.4, 0.5) is 0 Å². The van der Waals surface area contributed by atoms with Crippen molar-refractivity contribution < 1.29 is 4.79 Å². The van der Waals surface area contributed by atoms with Gasteiger partial charge in [0.05, 0.1) is 0 Å². The Morgan fingerprint density at radius 1 is 1.25 bits per heavy atom. The number of hydrogen-bond donors (Lipinski definition) is 1. The molecule has 1 amide bonds. The van der Waals surface area contributed by atoms with Crippen molar-refractivity contribution in [2.24, 2.45) is 0 Å². The van der Waals surface area contributed by atoms with Crippen molar-refractivity contribution in [1.82, 2.24) is 10.2 Å². The average molecular weight is 224 g/mol. The molecule has 3 nitrogen and oxygen atoms in total. The summed E-state index contributed by atoms with van der Waals surface area (Å²) in [5, 5.41) is 2.91. The van der Waals surface area contributed by atoms with E-state index in [9.17, 15) is 4.79 Å². The first-order valence-electron chi connectivity index (χ1n) is 6.18. The number of amides is 1. The van der Waals surface area contributed by atoms with E-state index in [4.69, 9.17) is 0 Å². The molecule has 0 radical (unpaired) electrons. The number of carbonyl (C=O) groups excluding carboxylic acids is 1. The Bertz CT molecular complexity index is 247. The highest BCUT2D eigenvalue weighted by Gasteiger charge is 2.11. The van der Waals surface area contributed by atoms with Gasteiger partial charge < -0.3 is 5.32 Å². The van der Waals surface area contributed by atoms with E-state index in [2.05, 4.69) is 10.2 Å². The van der Waals surface area contributed by atoms with Gasteiger partial charge in [0, 0.05) is 18.2 Å². The molecule has 0 aromatic carbocycles. The van der Waals surface area contributed by atoms with Crippen LogP contribution in [0.15, 0.2) is 12.2 Å². The Kier molecular flexibility index (Phi) is 5.00. The van der Waals surface area contributed by atoms with Crippen LogP contribution in [0.2, 0.25) is 0 Å². The van der Waals surface area contributed by atoms with Gasteiger partial charge in [0.2, 0.25) is 5.91 Å². The van der Waals surface area contributed by atoms with E-state index in [0.717, 1.165) is 6.54 Å². The van der Waals surface area contributed by atoms with Crippen LogP contribution in [0.5, 0.6) is 0 Å². The van der Waals surface area contributed by atoms with Gasteiger partial charge in [-0.3, -0.25) is 9.69 Å². The first-order valence-corrected chi connectivity index (χ1v) is 6.18.